The number of piperidine rings is 1. The molecule has 2 amide bonds. The van der Waals surface area contributed by atoms with Crippen LogP contribution in [0.2, 0.25) is 0 Å². The lowest BCUT2D eigenvalue weighted by Gasteiger charge is -2.31. The minimum absolute atomic E-state index is 0.0155. The van der Waals surface area contributed by atoms with Crippen molar-refractivity contribution in [1.82, 2.24) is 19.6 Å². The van der Waals surface area contributed by atoms with Crippen LogP contribution in [0.1, 0.15) is 48.3 Å². The number of likely N-dealkylation sites (tertiary alicyclic amines) is 1. The van der Waals surface area contributed by atoms with E-state index in [4.69, 9.17) is 9.84 Å². The summed E-state index contributed by atoms with van der Waals surface area (Å²) in [5.41, 5.74) is 1.69. The van der Waals surface area contributed by atoms with Crippen molar-refractivity contribution in [2.75, 3.05) is 32.8 Å². The van der Waals surface area contributed by atoms with Crippen LogP contribution >= 0.6 is 0 Å². The molecule has 2 aliphatic heterocycles. The van der Waals surface area contributed by atoms with Gasteiger partial charge in [-0.3, -0.25) is 14.3 Å². The van der Waals surface area contributed by atoms with Crippen LogP contribution in [0.5, 0.6) is 5.75 Å². The molecule has 3 heterocycles. The molecule has 0 atom stereocenters. The summed E-state index contributed by atoms with van der Waals surface area (Å²) in [5.74, 6) is 1.09. The van der Waals surface area contributed by atoms with E-state index >= 15 is 0 Å². The smallest absolute Gasteiger partial charge is 0.272 e. The topological polar surface area (TPSA) is 67.7 Å². The molecule has 1 aromatic carbocycles. The molecular weight excluding hydrogens is 368 g/mol. The van der Waals surface area contributed by atoms with Gasteiger partial charge in [0.05, 0.1) is 5.69 Å². The number of rotatable bonds is 5. The monoisotopic (exact) mass is 396 g/mol. The Labute approximate surface area is 171 Å². The number of fused-ring (bicyclic) bond motifs is 1. The van der Waals surface area contributed by atoms with Crippen molar-refractivity contribution in [3.63, 3.8) is 0 Å². The van der Waals surface area contributed by atoms with Crippen molar-refractivity contribution >= 4 is 11.8 Å². The van der Waals surface area contributed by atoms with Crippen LogP contribution in [0.15, 0.2) is 36.4 Å². The molecule has 0 spiro atoms. The van der Waals surface area contributed by atoms with Crippen LogP contribution in [-0.2, 0) is 11.3 Å². The summed E-state index contributed by atoms with van der Waals surface area (Å²) in [6, 6.07) is 11.4. The zero-order chi connectivity index (χ0) is 20.2. The first-order valence-electron chi connectivity index (χ1n) is 10.5. The normalized spacial score (nSPS) is 17.8. The molecule has 0 radical (unpaired) electrons. The van der Waals surface area contributed by atoms with Gasteiger partial charge in [-0.2, -0.15) is 5.10 Å². The fourth-order valence-electron chi connectivity index (χ4n) is 4.13. The highest BCUT2D eigenvalue weighted by molar-refractivity contribution is 5.93. The lowest BCUT2D eigenvalue weighted by Crippen LogP contribution is -2.40. The van der Waals surface area contributed by atoms with Crippen LogP contribution < -0.4 is 4.74 Å². The molecule has 4 rings (SSSR count). The number of nitrogens with zero attached hydrogens (tertiary/aromatic N) is 4. The number of hydrogen-bond acceptors (Lipinski definition) is 4. The summed E-state index contributed by atoms with van der Waals surface area (Å²) < 4.78 is 7.46. The first-order valence-corrected chi connectivity index (χ1v) is 10.5. The summed E-state index contributed by atoms with van der Waals surface area (Å²) in [6.45, 7) is 5.77. The molecule has 29 heavy (non-hydrogen) atoms. The van der Waals surface area contributed by atoms with E-state index in [-0.39, 0.29) is 24.3 Å². The minimum Gasteiger partial charge on any atom is -0.484 e. The maximum Gasteiger partial charge on any atom is 0.272 e. The third kappa shape index (κ3) is 4.28. The summed E-state index contributed by atoms with van der Waals surface area (Å²) in [7, 11) is 0. The van der Waals surface area contributed by atoms with Crippen molar-refractivity contribution in [3.8, 4) is 5.75 Å². The van der Waals surface area contributed by atoms with Gasteiger partial charge < -0.3 is 14.5 Å². The predicted molar refractivity (Wildman–Crippen MR) is 109 cm³/mol. The Hall–Kier alpha value is -2.83. The van der Waals surface area contributed by atoms with Gasteiger partial charge in [-0.1, -0.05) is 18.2 Å². The predicted octanol–water partition coefficient (Wildman–Crippen LogP) is 2.53. The van der Waals surface area contributed by atoms with E-state index in [0.29, 0.717) is 24.5 Å². The SMILES string of the molecule is CCN1CCCn2nc(C3CCN(C(=O)COc4ccccc4)CC3)cc2C1=O. The third-order valence-electron chi connectivity index (χ3n) is 5.86. The van der Waals surface area contributed by atoms with Gasteiger partial charge in [-0.25, -0.2) is 0 Å². The van der Waals surface area contributed by atoms with Gasteiger partial charge in [-0.05, 0) is 44.4 Å². The molecule has 1 saturated heterocycles. The number of para-hydroxylation sites is 1. The molecule has 1 fully saturated rings. The van der Waals surface area contributed by atoms with Crippen LogP contribution in [0, 0.1) is 0 Å². The van der Waals surface area contributed by atoms with E-state index in [0.717, 1.165) is 44.6 Å². The highest BCUT2D eigenvalue weighted by atomic mass is 16.5. The molecule has 0 bridgehead atoms. The fourth-order valence-corrected chi connectivity index (χ4v) is 4.13. The first-order chi connectivity index (χ1) is 14.2. The Balaban J connectivity index is 1.33. The molecule has 7 nitrogen and oxygen atoms in total. The van der Waals surface area contributed by atoms with E-state index in [1.54, 1.807) is 0 Å². The second-order valence-corrected chi connectivity index (χ2v) is 7.67. The Kier molecular flexibility index (Phi) is 5.83. The standard InChI is InChI=1S/C22H28N4O3/c1-2-24-11-6-12-26-20(22(24)28)15-19(23-26)17-9-13-25(14-10-17)21(27)16-29-18-7-4-3-5-8-18/h3-5,7-8,15,17H,2,6,9-14,16H2,1H3. The average Bonchev–Trinajstić information content (AvgIpc) is 3.13. The lowest BCUT2D eigenvalue weighted by molar-refractivity contribution is -0.134. The number of aromatic nitrogens is 2. The largest absolute Gasteiger partial charge is 0.484 e. The first kappa shape index (κ1) is 19.5. The summed E-state index contributed by atoms with van der Waals surface area (Å²) in [4.78, 5) is 28.9. The number of ether oxygens (including phenoxy) is 1. The van der Waals surface area contributed by atoms with Crippen molar-refractivity contribution in [1.29, 1.82) is 0 Å². The van der Waals surface area contributed by atoms with Crippen molar-refractivity contribution in [2.24, 2.45) is 0 Å². The van der Waals surface area contributed by atoms with Gasteiger partial charge in [0.2, 0.25) is 0 Å². The molecule has 0 saturated carbocycles. The Morgan fingerprint density at radius 2 is 1.90 bits per heavy atom. The molecule has 2 aromatic rings. The van der Waals surface area contributed by atoms with Gasteiger partial charge in [0, 0.05) is 38.6 Å². The number of amides is 2. The maximum atomic E-state index is 12.7. The van der Waals surface area contributed by atoms with Crippen molar-refractivity contribution < 1.29 is 14.3 Å². The second-order valence-electron chi connectivity index (χ2n) is 7.67. The lowest BCUT2D eigenvalue weighted by atomic mass is 9.93. The molecule has 154 valence electrons. The fraction of sp³-hybridized carbons (Fsp3) is 0.500. The summed E-state index contributed by atoms with van der Waals surface area (Å²) >= 11 is 0. The van der Waals surface area contributed by atoms with Gasteiger partial charge in [0.25, 0.3) is 11.8 Å². The van der Waals surface area contributed by atoms with Crippen LogP contribution in [0.25, 0.3) is 0 Å². The number of carbonyl (C=O) groups excluding carboxylic acids is 2. The summed E-state index contributed by atoms with van der Waals surface area (Å²) in [5, 5.41) is 4.74. The molecule has 0 N–H and O–H groups in total. The van der Waals surface area contributed by atoms with E-state index < -0.39 is 0 Å². The zero-order valence-electron chi connectivity index (χ0n) is 16.9. The second kappa shape index (κ2) is 8.68. The zero-order valence-corrected chi connectivity index (χ0v) is 16.9. The maximum absolute atomic E-state index is 12.7. The highest BCUT2D eigenvalue weighted by Crippen LogP contribution is 2.29. The van der Waals surface area contributed by atoms with E-state index in [1.807, 2.05) is 57.8 Å². The molecule has 0 unspecified atom stereocenters. The molecule has 0 aliphatic carbocycles. The Morgan fingerprint density at radius 1 is 1.14 bits per heavy atom. The van der Waals surface area contributed by atoms with Gasteiger partial charge in [-0.15, -0.1) is 0 Å². The van der Waals surface area contributed by atoms with Crippen LogP contribution in [0.3, 0.4) is 0 Å². The van der Waals surface area contributed by atoms with E-state index in [2.05, 4.69) is 0 Å². The molecule has 2 aliphatic rings. The quantitative estimate of drug-likeness (QED) is 0.779. The highest BCUT2D eigenvalue weighted by Gasteiger charge is 2.29. The minimum atomic E-state index is 0.0155. The Morgan fingerprint density at radius 3 is 2.62 bits per heavy atom. The molecule has 7 heteroatoms. The summed E-state index contributed by atoms with van der Waals surface area (Å²) in [6.07, 6.45) is 2.65. The van der Waals surface area contributed by atoms with Gasteiger partial charge >= 0.3 is 0 Å². The van der Waals surface area contributed by atoms with E-state index in [1.165, 1.54) is 0 Å². The van der Waals surface area contributed by atoms with Crippen molar-refractivity contribution in [2.45, 2.75) is 38.6 Å². The van der Waals surface area contributed by atoms with Crippen LogP contribution in [-0.4, -0.2) is 64.2 Å². The van der Waals surface area contributed by atoms with Gasteiger partial charge in [0.15, 0.2) is 6.61 Å². The number of benzene rings is 1. The number of carbonyl (C=O) groups is 2. The van der Waals surface area contributed by atoms with Crippen LogP contribution in [0.4, 0.5) is 0 Å². The third-order valence-corrected chi connectivity index (χ3v) is 5.86. The molecule has 1 aromatic heterocycles. The average molecular weight is 396 g/mol. The van der Waals surface area contributed by atoms with E-state index in [9.17, 15) is 9.59 Å². The van der Waals surface area contributed by atoms with Gasteiger partial charge in [0.1, 0.15) is 11.4 Å². The number of hydrogen-bond donors (Lipinski definition) is 0. The van der Waals surface area contributed by atoms with Crippen molar-refractivity contribution in [3.05, 3.63) is 47.8 Å². The number of aryl methyl sites for hydroxylation is 1. The molecular formula is C22H28N4O3. The Bertz CT molecular complexity index is 856.